The number of halogens is 1. The van der Waals surface area contributed by atoms with Gasteiger partial charge in [-0.1, -0.05) is 12.5 Å². The van der Waals surface area contributed by atoms with Gasteiger partial charge in [0.15, 0.2) is 0 Å². The van der Waals surface area contributed by atoms with Crippen LogP contribution in [0.4, 0.5) is 4.39 Å². The van der Waals surface area contributed by atoms with Crippen LogP contribution in [-0.4, -0.2) is 53.7 Å². The van der Waals surface area contributed by atoms with Crippen LogP contribution in [0.3, 0.4) is 0 Å². The Labute approximate surface area is 233 Å². The second-order valence-corrected chi connectivity index (χ2v) is 11.5. The third kappa shape index (κ3) is 4.85. The van der Waals surface area contributed by atoms with Crippen molar-refractivity contribution in [3.63, 3.8) is 0 Å². The molecule has 2 amide bonds. The number of aromatic nitrogens is 2. The van der Waals surface area contributed by atoms with Crippen molar-refractivity contribution in [1.29, 1.82) is 0 Å². The van der Waals surface area contributed by atoms with Crippen LogP contribution in [0.5, 0.6) is 5.75 Å². The Morgan fingerprint density at radius 2 is 1.98 bits per heavy atom. The van der Waals surface area contributed by atoms with E-state index in [9.17, 15) is 14.0 Å². The maximum absolute atomic E-state index is 14.0. The van der Waals surface area contributed by atoms with Gasteiger partial charge in [-0.2, -0.15) is 0 Å². The smallest absolute Gasteiger partial charge is 0.242 e. The Morgan fingerprint density at radius 3 is 2.70 bits per heavy atom. The summed E-state index contributed by atoms with van der Waals surface area (Å²) in [5, 5.41) is 6.06. The topological polar surface area (TPSA) is 105 Å². The third-order valence-corrected chi connectivity index (χ3v) is 9.07. The number of likely N-dealkylation sites (N-methyl/N-ethyl adjacent to an activating group) is 1. The molecule has 2 fully saturated rings. The van der Waals surface area contributed by atoms with E-state index in [-0.39, 0.29) is 35.6 Å². The normalized spacial score (nSPS) is 22.7. The summed E-state index contributed by atoms with van der Waals surface area (Å²) in [4.78, 5) is 35.2. The molecule has 1 aromatic heterocycles. The van der Waals surface area contributed by atoms with E-state index in [1.54, 1.807) is 12.1 Å². The quantitative estimate of drug-likeness (QED) is 0.390. The van der Waals surface area contributed by atoms with E-state index in [4.69, 9.17) is 14.5 Å². The van der Waals surface area contributed by atoms with Gasteiger partial charge in [-0.25, -0.2) is 9.37 Å². The van der Waals surface area contributed by atoms with Gasteiger partial charge in [0.05, 0.1) is 16.4 Å². The van der Waals surface area contributed by atoms with Crippen molar-refractivity contribution in [3.05, 3.63) is 59.2 Å². The summed E-state index contributed by atoms with van der Waals surface area (Å²) in [6, 6.07) is 10.1. The van der Waals surface area contributed by atoms with Crippen LogP contribution in [0.2, 0.25) is 0 Å². The molecule has 0 bridgehead atoms. The van der Waals surface area contributed by atoms with Crippen LogP contribution < -0.4 is 15.4 Å². The zero-order chi connectivity index (χ0) is 27.9. The Bertz CT molecular complexity index is 1410. The van der Waals surface area contributed by atoms with Crippen LogP contribution >= 0.6 is 0 Å². The van der Waals surface area contributed by atoms with Gasteiger partial charge in [0.1, 0.15) is 29.5 Å². The van der Waals surface area contributed by atoms with Gasteiger partial charge in [0.2, 0.25) is 11.8 Å². The zero-order valence-corrected chi connectivity index (χ0v) is 23.1. The first-order valence-corrected chi connectivity index (χ1v) is 14.5. The lowest BCUT2D eigenvalue weighted by atomic mass is 9.72. The van der Waals surface area contributed by atoms with E-state index in [1.807, 2.05) is 32.0 Å². The molecule has 2 aromatic carbocycles. The number of imidazole rings is 1. The average molecular weight is 549 g/mol. The molecule has 0 spiro atoms. The first kappa shape index (κ1) is 26.7. The first-order valence-electron chi connectivity index (χ1n) is 14.5. The highest BCUT2D eigenvalue weighted by Crippen LogP contribution is 2.41. The Morgan fingerprint density at radius 1 is 1.18 bits per heavy atom. The molecule has 3 heterocycles. The molecule has 1 unspecified atom stereocenters. The fourth-order valence-electron chi connectivity index (χ4n) is 6.49. The minimum atomic E-state index is -0.795. The SMILES string of the molecule is CCNC(=O)[C@H](NC(=O)C1(c2ccc3nc(C[C@H]4c5cc(F)ccc5OC4C)[nH]c3c2)CCOCC1)C1CCC1. The molecular weight excluding hydrogens is 511 g/mol. The second-order valence-electron chi connectivity index (χ2n) is 11.5. The lowest BCUT2D eigenvalue weighted by Crippen LogP contribution is -2.58. The van der Waals surface area contributed by atoms with Gasteiger partial charge >= 0.3 is 0 Å². The molecular formula is C31H37FN4O4. The number of aromatic amines is 1. The number of nitrogens with zero attached hydrogens (tertiary/aromatic N) is 1. The number of nitrogens with one attached hydrogen (secondary N) is 3. The van der Waals surface area contributed by atoms with E-state index in [0.29, 0.717) is 39.0 Å². The number of hydrogen-bond donors (Lipinski definition) is 3. The molecule has 8 nitrogen and oxygen atoms in total. The van der Waals surface area contributed by atoms with Crippen LogP contribution in [0.25, 0.3) is 11.0 Å². The van der Waals surface area contributed by atoms with Crippen LogP contribution in [0.1, 0.15) is 68.8 Å². The standard InChI is InChI=1S/C31H37FN4O4/c1-3-33-29(37)28(19-5-4-6-19)36-30(38)31(11-13-39-14-12-31)20-7-9-24-25(15-20)35-27(34-24)17-22-18(2)40-26-10-8-21(32)16-23(22)26/h7-10,15-16,18-19,22,28H,3-6,11-14,17H2,1-2H3,(H,33,37)(H,34,35)(H,36,38)/t18?,22-,28-/m1/s1. The molecule has 3 aromatic rings. The van der Waals surface area contributed by atoms with Crippen molar-refractivity contribution in [2.24, 2.45) is 5.92 Å². The summed E-state index contributed by atoms with van der Waals surface area (Å²) in [6.45, 7) is 5.37. The van der Waals surface area contributed by atoms with Gasteiger partial charge in [-0.15, -0.1) is 0 Å². The second kappa shape index (κ2) is 10.8. The third-order valence-electron chi connectivity index (χ3n) is 9.07. The van der Waals surface area contributed by atoms with Crippen molar-refractivity contribution < 1.29 is 23.5 Å². The summed E-state index contributed by atoms with van der Waals surface area (Å²) in [7, 11) is 0. The van der Waals surface area contributed by atoms with Crippen LogP contribution in [-0.2, 0) is 26.2 Å². The minimum Gasteiger partial charge on any atom is -0.490 e. The fourth-order valence-corrected chi connectivity index (χ4v) is 6.49. The molecule has 3 N–H and O–H groups in total. The monoisotopic (exact) mass is 548 g/mol. The highest BCUT2D eigenvalue weighted by molar-refractivity contribution is 5.94. The number of amides is 2. The van der Waals surface area contributed by atoms with Gasteiger partial charge in [-0.05, 0) is 81.3 Å². The van der Waals surface area contributed by atoms with Crippen LogP contribution in [0.15, 0.2) is 36.4 Å². The molecule has 40 heavy (non-hydrogen) atoms. The predicted molar refractivity (Wildman–Crippen MR) is 149 cm³/mol. The largest absolute Gasteiger partial charge is 0.490 e. The van der Waals surface area contributed by atoms with E-state index < -0.39 is 11.5 Å². The van der Waals surface area contributed by atoms with Gasteiger partial charge in [-0.3, -0.25) is 9.59 Å². The van der Waals surface area contributed by atoms with E-state index in [2.05, 4.69) is 15.6 Å². The van der Waals surface area contributed by atoms with Crippen molar-refractivity contribution >= 4 is 22.8 Å². The molecule has 1 saturated heterocycles. The van der Waals surface area contributed by atoms with E-state index >= 15 is 0 Å². The first-order chi connectivity index (χ1) is 19.4. The molecule has 2 aliphatic heterocycles. The molecule has 1 aliphatic carbocycles. The number of benzene rings is 2. The summed E-state index contributed by atoms with van der Waals surface area (Å²) < 4.78 is 25.6. The lowest BCUT2D eigenvalue weighted by Gasteiger charge is -2.40. The summed E-state index contributed by atoms with van der Waals surface area (Å²) in [6.07, 6.45) is 4.54. The zero-order valence-electron chi connectivity index (χ0n) is 23.1. The molecule has 3 aliphatic rings. The number of H-pyrrole nitrogens is 1. The minimum absolute atomic E-state index is 0.0175. The number of carbonyl (C=O) groups is 2. The summed E-state index contributed by atoms with van der Waals surface area (Å²) in [5.41, 5.74) is 2.61. The maximum Gasteiger partial charge on any atom is 0.242 e. The molecule has 3 atom stereocenters. The average Bonchev–Trinajstić information content (AvgIpc) is 3.47. The summed E-state index contributed by atoms with van der Waals surface area (Å²) >= 11 is 0. The molecule has 9 heteroatoms. The van der Waals surface area contributed by atoms with Crippen molar-refractivity contribution in [3.8, 4) is 5.75 Å². The highest BCUT2D eigenvalue weighted by atomic mass is 19.1. The van der Waals surface area contributed by atoms with Crippen LogP contribution in [0, 0.1) is 11.7 Å². The molecule has 0 radical (unpaired) electrons. The van der Waals surface area contributed by atoms with Gasteiger partial charge < -0.3 is 25.1 Å². The number of carbonyl (C=O) groups excluding carboxylic acids is 2. The van der Waals surface area contributed by atoms with Gasteiger partial charge in [0.25, 0.3) is 0 Å². The van der Waals surface area contributed by atoms with E-state index in [0.717, 1.165) is 53.0 Å². The van der Waals surface area contributed by atoms with Gasteiger partial charge in [0, 0.05) is 37.7 Å². The Hall–Kier alpha value is -3.46. The highest BCUT2D eigenvalue weighted by Gasteiger charge is 2.45. The summed E-state index contributed by atoms with van der Waals surface area (Å²) in [5.74, 6) is 1.16. The van der Waals surface area contributed by atoms with Crippen molar-refractivity contribution in [1.82, 2.24) is 20.6 Å². The van der Waals surface area contributed by atoms with Crippen molar-refractivity contribution in [2.75, 3.05) is 19.8 Å². The van der Waals surface area contributed by atoms with Crippen molar-refractivity contribution in [2.45, 2.75) is 75.9 Å². The Kier molecular flexibility index (Phi) is 7.25. The molecule has 1 saturated carbocycles. The predicted octanol–water partition coefficient (Wildman–Crippen LogP) is 4.28. The fraction of sp³-hybridized carbons (Fsp3) is 0.516. The number of hydrogen-bond acceptors (Lipinski definition) is 5. The lowest BCUT2D eigenvalue weighted by molar-refractivity contribution is -0.136. The molecule has 212 valence electrons. The molecule has 6 rings (SSSR count). The number of ether oxygens (including phenoxy) is 2. The maximum atomic E-state index is 14.0. The Balaban J connectivity index is 1.27. The number of rotatable bonds is 8. The number of fused-ring (bicyclic) bond motifs is 2. The van der Waals surface area contributed by atoms with E-state index in [1.165, 1.54) is 6.07 Å².